The highest BCUT2D eigenvalue weighted by molar-refractivity contribution is 7.92. The third kappa shape index (κ3) is 3.69. The molecule has 1 aliphatic rings. The maximum Gasteiger partial charge on any atom is 0.250 e. The fraction of sp³-hybridized carbons (Fsp3) is 0.350. The number of anilines is 2. The number of hydrogen-bond donors (Lipinski definition) is 0. The third-order valence-corrected chi connectivity index (χ3v) is 6.44. The minimum atomic E-state index is -3.74. The number of carbonyl (C=O) groups excluding carboxylic acids is 1. The Morgan fingerprint density at radius 3 is 2.57 bits per heavy atom. The van der Waals surface area contributed by atoms with Gasteiger partial charge in [-0.25, -0.2) is 8.42 Å². The van der Waals surface area contributed by atoms with Gasteiger partial charge in [-0.3, -0.25) is 9.10 Å². The summed E-state index contributed by atoms with van der Waals surface area (Å²) in [6.07, 6.45) is 1.82. The SMILES string of the molecule is COc1ccc(N([C@H](C)C(=O)N2c3ccccc3C[C@@H]2C)S(C)(=O)=O)cc1Cl. The van der Waals surface area contributed by atoms with Crippen molar-refractivity contribution in [2.45, 2.75) is 32.4 Å². The first-order valence-electron chi connectivity index (χ1n) is 8.89. The molecule has 2 aromatic carbocycles. The van der Waals surface area contributed by atoms with Gasteiger partial charge in [-0.15, -0.1) is 0 Å². The van der Waals surface area contributed by atoms with Gasteiger partial charge in [0.05, 0.1) is 24.1 Å². The van der Waals surface area contributed by atoms with Crippen molar-refractivity contribution in [1.29, 1.82) is 0 Å². The molecule has 2 atom stereocenters. The molecule has 0 aliphatic carbocycles. The molecule has 1 amide bonds. The van der Waals surface area contributed by atoms with Crippen LogP contribution in [0.25, 0.3) is 0 Å². The Kier molecular flexibility index (Phi) is 5.59. The molecule has 0 saturated carbocycles. The van der Waals surface area contributed by atoms with Crippen LogP contribution in [0.4, 0.5) is 11.4 Å². The number of rotatable bonds is 5. The summed E-state index contributed by atoms with van der Waals surface area (Å²) < 4.78 is 31.4. The molecule has 150 valence electrons. The average molecular weight is 423 g/mol. The lowest BCUT2D eigenvalue weighted by Gasteiger charge is -2.33. The fourth-order valence-electron chi connectivity index (χ4n) is 3.70. The van der Waals surface area contributed by atoms with E-state index in [2.05, 4.69) is 0 Å². The Morgan fingerprint density at radius 1 is 1.29 bits per heavy atom. The van der Waals surface area contributed by atoms with Crippen LogP contribution in [0, 0.1) is 0 Å². The van der Waals surface area contributed by atoms with Crippen LogP contribution in [0.3, 0.4) is 0 Å². The topological polar surface area (TPSA) is 66.9 Å². The van der Waals surface area contributed by atoms with Crippen molar-refractivity contribution in [1.82, 2.24) is 0 Å². The predicted octanol–water partition coefficient (Wildman–Crippen LogP) is 3.48. The summed E-state index contributed by atoms with van der Waals surface area (Å²) in [5.41, 5.74) is 2.22. The van der Waals surface area contributed by atoms with Crippen molar-refractivity contribution < 1.29 is 17.9 Å². The fourth-order valence-corrected chi connectivity index (χ4v) is 5.11. The number of sulfonamides is 1. The second-order valence-corrected chi connectivity index (χ2v) is 9.21. The summed E-state index contributed by atoms with van der Waals surface area (Å²) in [5, 5.41) is 0.271. The van der Waals surface area contributed by atoms with Crippen LogP contribution < -0.4 is 13.9 Å². The van der Waals surface area contributed by atoms with Gasteiger partial charge in [0.2, 0.25) is 10.0 Å². The highest BCUT2D eigenvalue weighted by atomic mass is 35.5. The lowest BCUT2D eigenvalue weighted by atomic mass is 10.1. The lowest BCUT2D eigenvalue weighted by Crippen LogP contribution is -2.51. The summed E-state index contributed by atoms with van der Waals surface area (Å²) in [6, 6.07) is 11.4. The molecular formula is C20H23ClN2O4S. The first-order chi connectivity index (χ1) is 13.1. The van der Waals surface area contributed by atoms with Crippen LogP contribution in [0.15, 0.2) is 42.5 Å². The predicted molar refractivity (Wildman–Crippen MR) is 112 cm³/mol. The minimum Gasteiger partial charge on any atom is -0.495 e. The molecule has 0 bridgehead atoms. The lowest BCUT2D eigenvalue weighted by molar-refractivity contribution is -0.119. The molecule has 0 aromatic heterocycles. The number of benzene rings is 2. The maximum atomic E-state index is 13.4. The van der Waals surface area contributed by atoms with E-state index in [0.717, 1.165) is 28.2 Å². The van der Waals surface area contributed by atoms with Gasteiger partial charge in [-0.05, 0) is 50.1 Å². The zero-order valence-corrected chi connectivity index (χ0v) is 17.8. The van der Waals surface area contributed by atoms with E-state index < -0.39 is 16.1 Å². The van der Waals surface area contributed by atoms with Crippen molar-refractivity contribution in [2.75, 3.05) is 22.6 Å². The highest BCUT2D eigenvalue weighted by Crippen LogP contribution is 2.35. The molecule has 28 heavy (non-hydrogen) atoms. The van der Waals surface area contributed by atoms with E-state index in [1.165, 1.54) is 13.2 Å². The van der Waals surface area contributed by atoms with E-state index in [1.54, 1.807) is 24.0 Å². The molecule has 8 heteroatoms. The second kappa shape index (κ2) is 7.64. The number of hydrogen-bond acceptors (Lipinski definition) is 4. The molecule has 0 saturated heterocycles. The van der Waals surface area contributed by atoms with Crippen LogP contribution in [-0.4, -0.2) is 39.8 Å². The zero-order chi connectivity index (χ0) is 20.6. The van der Waals surface area contributed by atoms with E-state index >= 15 is 0 Å². The molecule has 2 aromatic rings. The van der Waals surface area contributed by atoms with Gasteiger partial charge in [0.1, 0.15) is 11.8 Å². The Balaban J connectivity index is 2.00. The van der Waals surface area contributed by atoms with E-state index in [-0.39, 0.29) is 17.0 Å². The minimum absolute atomic E-state index is 0.0479. The number of methoxy groups -OCH3 is 1. The standard InChI is InChI=1S/C20H23ClN2O4S/c1-13-11-15-7-5-6-8-18(15)22(13)20(24)14(2)23(28(4,25)26)16-9-10-19(27-3)17(21)12-16/h5-10,12-14H,11H2,1-4H3/t13-,14+/m0/s1. The van der Waals surface area contributed by atoms with Crippen molar-refractivity contribution in [3.8, 4) is 5.75 Å². The summed E-state index contributed by atoms with van der Waals surface area (Å²) >= 11 is 6.18. The summed E-state index contributed by atoms with van der Waals surface area (Å²) in [4.78, 5) is 15.0. The van der Waals surface area contributed by atoms with Gasteiger partial charge in [0.15, 0.2) is 0 Å². The van der Waals surface area contributed by atoms with Gasteiger partial charge in [-0.2, -0.15) is 0 Å². The number of nitrogens with zero attached hydrogens (tertiary/aromatic N) is 2. The Bertz CT molecular complexity index is 1010. The van der Waals surface area contributed by atoms with E-state index in [0.29, 0.717) is 11.4 Å². The molecule has 6 nitrogen and oxygen atoms in total. The van der Waals surface area contributed by atoms with E-state index in [9.17, 15) is 13.2 Å². The molecule has 0 N–H and O–H groups in total. The van der Waals surface area contributed by atoms with Crippen molar-refractivity contribution in [3.05, 3.63) is 53.1 Å². The Morgan fingerprint density at radius 2 is 1.96 bits per heavy atom. The average Bonchev–Trinajstić information content (AvgIpc) is 2.95. The van der Waals surface area contributed by atoms with Crippen LogP contribution in [-0.2, 0) is 21.2 Å². The highest BCUT2D eigenvalue weighted by Gasteiger charge is 2.38. The molecule has 0 fully saturated rings. The van der Waals surface area contributed by atoms with Gasteiger partial charge in [0.25, 0.3) is 5.91 Å². The van der Waals surface area contributed by atoms with Crippen molar-refractivity contribution in [2.24, 2.45) is 0 Å². The quantitative estimate of drug-likeness (QED) is 0.739. The van der Waals surface area contributed by atoms with Crippen molar-refractivity contribution in [3.63, 3.8) is 0 Å². The first kappa shape index (κ1) is 20.5. The maximum absolute atomic E-state index is 13.4. The molecule has 3 rings (SSSR count). The molecule has 1 aliphatic heterocycles. The number of para-hydroxylation sites is 1. The molecular weight excluding hydrogens is 400 g/mol. The number of fused-ring (bicyclic) bond motifs is 1. The van der Waals surface area contributed by atoms with Crippen molar-refractivity contribution >= 4 is 38.9 Å². The Hall–Kier alpha value is -2.25. The smallest absolute Gasteiger partial charge is 0.250 e. The molecule has 0 spiro atoms. The summed E-state index contributed by atoms with van der Waals surface area (Å²) in [6.45, 7) is 3.55. The number of ether oxygens (including phenoxy) is 1. The molecule has 0 unspecified atom stereocenters. The normalized spacial score (nSPS) is 17.2. The van der Waals surface area contributed by atoms with E-state index in [4.69, 9.17) is 16.3 Å². The van der Waals surface area contributed by atoms with Gasteiger partial charge in [0, 0.05) is 11.7 Å². The third-order valence-electron chi connectivity index (χ3n) is 4.90. The van der Waals surface area contributed by atoms with Crippen LogP contribution >= 0.6 is 11.6 Å². The summed E-state index contributed by atoms with van der Waals surface area (Å²) in [5.74, 6) is 0.148. The first-order valence-corrected chi connectivity index (χ1v) is 11.1. The van der Waals surface area contributed by atoms with Crippen LogP contribution in [0.2, 0.25) is 5.02 Å². The molecule has 0 radical (unpaired) electrons. The Labute approximate surface area is 170 Å². The molecule has 1 heterocycles. The van der Waals surface area contributed by atoms with Crippen LogP contribution in [0.1, 0.15) is 19.4 Å². The monoisotopic (exact) mass is 422 g/mol. The number of carbonyl (C=O) groups is 1. The largest absolute Gasteiger partial charge is 0.495 e. The number of halogens is 1. The van der Waals surface area contributed by atoms with E-state index in [1.807, 2.05) is 31.2 Å². The van der Waals surface area contributed by atoms with Gasteiger partial charge >= 0.3 is 0 Å². The number of amides is 1. The van der Waals surface area contributed by atoms with Gasteiger partial charge < -0.3 is 9.64 Å². The second-order valence-electron chi connectivity index (χ2n) is 6.94. The zero-order valence-electron chi connectivity index (χ0n) is 16.2. The van der Waals surface area contributed by atoms with Gasteiger partial charge in [-0.1, -0.05) is 29.8 Å². The van der Waals surface area contributed by atoms with Crippen LogP contribution in [0.5, 0.6) is 5.75 Å². The summed E-state index contributed by atoms with van der Waals surface area (Å²) in [7, 11) is -2.26.